The number of fused-ring (bicyclic) bond motifs is 1. The van der Waals surface area contributed by atoms with Crippen molar-refractivity contribution >= 4 is 17.5 Å². The zero-order chi connectivity index (χ0) is 13.8. The van der Waals surface area contributed by atoms with Crippen molar-refractivity contribution in [2.45, 2.75) is 13.8 Å². The maximum atomic E-state index is 11.8. The number of carbonyl (C=O) groups excluding carboxylic acids is 2. The molecule has 6 nitrogen and oxygen atoms in total. The average Bonchev–Trinajstić information content (AvgIpc) is 2.37. The molecular formula is C13H16N2O4. The SMILES string of the molecule is CC(C)CONC(=O)c1ccc2c(c1)OCC(=O)N2. The van der Waals surface area contributed by atoms with Crippen LogP contribution in [0.5, 0.6) is 5.75 Å². The Bertz CT molecular complexity index is 499. The van der Waals surface area contributed by atoms with Gasteiger partial charge in [-0.2, -0.15) is 0 Å². The van der Waals surface area contributed by atoms with E-state index in [1.807, 2.05) is 13.8 Å². The fourth-order valence-corrected chi connectivity index (χ4v) is 1.55. The van der Waals surface area contributed by atoms with Gasteiger partial charge in [0.05, 0.1) is 12.3 Å². The summed E-state index contributed by atoms with van der Waals surface area (Å²) in [7, 11) is 0. The van der Waals surface area contributed by atoms with E-state index in [0.717, 1.165) is 0 Å². The zero-order valence-electron chi connectivity index (χ0n) is 10.9. The van der Waals surface area contributed by atoms with E-state index in [4.69, 9.17) is 9.57 Å². The van der Waals surface area contributed by atoms with Gasteiger partial charge in [0.2, 0.25) is 0 Å². The van der Waals surface area contributed by atoms with Gasteiger partial charge in [0.1, 0.15) is 5.75 Å². The Morgan fingerprint density at radius 1 is 1.53 bits per heavy atom. The molecule has 2 N–H and O–H groups in total. The quantitative estimate of drug-likeness (QED) is 0.804. The van der Waals surface area contributed by atoms with Crippen molar-refractivity contribution in [1.29, 1.82) is 0 Å². The monoisotopic (exact) mass is 264 g/mol. The van der Waals surface area contributed by atoms with E-state index < -0.39 is 0 Å². The van der Waals surface area contributed by atoms with Gasteiger partial charge in [-0.25, -0.2) is 5.48 Å². The summed E-state index contributed by atoms with van der Waals surface area (Å²) in [6, 6.07) is 4.80. The molecule has 0 aliphatic carbocycles. The Morgan fingerprint density at radius 3 is 3.05 bits per heavy atom. The highest BCUT2D eigenvalue weighted by Gasteiger charge is 2.17. The summed E-state index contributed by atoms with van der Waals surface area (Å²) in [5, 5.41) is 2.66. The Hall–Kier alpha value is -2.08. The Balaban J connectivity index is 2.01. The molecule has 102 valence electrons. The van der Waals surface area contributed by atoms with Gasteiger partial charge >= 0.3 is 0 Å². The molecule has 0 radical (unpaired) electrons. The maximum absolute atomic E-state index is 11.8. The van der Waals surface area contributed by atoms with Crippen LogP contribution in [0.25, 0.3) is 0 Å². The number of ether oxygens (including phenoxy) is 1. The third-order valence-corrected chi connectivity index (χ3v) is 2.46. The molecular weight excluding hydrogens is 248 g/mol. The van der Waals surface area contributed by atoms with Gasteiger partial charge in [0.25, 0.3) is 11.8 Å². The summed E-state index contributed by atoms with van der Waals surface area (Å²) in [5.41, 5.74) is 3.35. The van der Waals surface area contributed by atoms with Crippen LogP contribution in [0.15, 0.2) is 18.2 Å². The van der Waals surface area contributed by atoms with E-state index >= 15 is 0 Å². The van der Waals surface area contributed by atoms with Crippen molar-refractivity contribution in [3.05, 3.63) is 23.8 Å². The van der Waals surface area contributed by atoms with Crippen LogP contribution in [0.2, 0.25) is 0 Å². The number of carbonyl (C=O) groups is 2. The van der Waals surface area contributed by atoms with Gasteiger partial charge in [-0.15, -0.1) is 0 Å². The van der Waals surface area contributed by atoms with E-state index in [2.05, 4.69) is 10.8 Å². The third-order valence-electron chi connectivity index (χ3n) is 2.46. The molecule has 0 unspecified atom stereocenters. The number of nitrogens with one attached hydrogen (secondary N) is 2. The van der Waals surface area contributed by atoms with E-state index in [9.17, 15) is 9.59 Å². The van der Waals surface area contributed by atoms with Gasteiger partial charge in [0, 0.05) is 5.56 Å². The van der Waals surface area contributed by atoms with Crippen LogP contribution in [0.4, 0.5) is 5.69 Å². The predicted octanol–water partition coefficient (Wildman–Crippen LogP) is 1.33. The average molecular weight is 264 g/mol. The van der Waals surface area contributed by atoms with Crippen LogP contribution in [-0.4, -0.2) is 25.0 Å². The minimum atomic E-state index is -0.344. The highest BCUT2D eigenvalue weighted by Crippen LogP contribution is 2.28. The van der Waals surface area contributed by atoms with Crippen molar-refractivity contribution in [2.24, 2.45) is 5.92 Å². The summed E-state index contributed by atoms with van der Waals surface area (Å²) in [6.45, 7) is 4.38. The molecule has 0 saturated carbocycles. The van der Waals surface area contributed by atoms with Crippen LogP contribution < -0.4 is 15.5 Å². The summed E-state index contributed by atoms with van der Waals surface area (Å²) in [4.78, 5) is 28.0. The summed E-state index contributed by atoms with van der Waals surface area (Å²) in [6.07, 6.45) is 0. The highest BCUT2D eigenvalue weighted by molar-refractivity contribution is 5.98. The standard InChI is InChI=1S/C13H16N2O4/c1-8(2)6-19-15-13(17)9-3-4-10-11(5-9)18-7-12(16)14-10/h3-5,8H,6-7H2,1-2H3,(H,14,16)(H,15,17). The number of rotatable bonds is 4. The lowest BCUT2D eigenvalue weighted by molar-refractivity contribution is -0.118. The van der Waals surface area contributed by atoms with E-state index in [0.29, 0.717) is 29.5 Å². The van der Waals surface area contributed by atoms with Crippen molar-refractivity contribution < 1.29 is 19.2 Å². The minimum absolute atomic E-state index is 0.0398. The lowest BCUT2D eigenvalue weighted by atomic mass is 10.1. The third kappa shape index (κ3) is 3.45. The van der Waals surface area contributed by atoms with Crippen molar-refractivity contribution in [3.63, 3.8) is 0 Å². The molecule has 1 aliphatic rings. The predicted molar refractivity (Wildman–Crippen MR) is 68.8 cm³/mol. The van der Waals surface area contributed by atoms with Crippen molar-refractivity contribution in [2.75, 3.05) is 18.5 Å². The first-order chi connectivity index (χ1) is 9.06. The van der Waals surface area contributed by atoms with Crippen molar-refractivity contribution in [3.8, 4) is 5.75 Å². The number of hydrogen-bond donors (Lipinski definition) is 2. The van der Waals surface area contributed by atoms with E-state index in [1.165, 1.54) is 0 Å². The van der Waals surface area contributed by atoms with Gasteiger partial charge in [-0.1, -0.05) is 13.8 Å². The number of anilines is 1. The number of hydrogen-bond acceptors (Lipinski definition) is 4. The van der Waals surface area contributed by atoms with E-state index in [-0.39, 0.29) is 18.4 Å². The minimum Gasteiger partial charge on any atom is -0.482 e. The van der Waals surface area contributed by atoms with Gasteiger partial charge < -0.3 is 10.1 Å². The Morgan fingerprint density at radius 2 is 2.32 bits per heavy atom. The molecule has 2 amide bonds. The van der Waals surface area contributed by atoms with Gasteiger partial charge in [0.15, 0.2) is 6.61 Å². The van der Waals surface area contributed by atoms with Gasteiger partial charge in [-0.05, 0) is 24.1 Å². The Kier molecular flexibility index (Phi) is 4.01. The lowest BCUT2D eigenvalue weighted by Gasteiger charge is -2.18. The molecule has 1 aromatic carbocycles. The first kappa shape index (κ1) is 13.4. The van der Waals surface area contributed by atoms with Crippen LogP contribution in [-0.2, 0) is 9.63 Å². The molecule has 0 fully saturated rings. The number of hydroxylamine groups is 1. The molecule has 0 spiro atoms. The molecule has 6 heteroatoms. The molecule has 0 atom stereocenters. The van der Waals surface area contributed by atoms with Crippen LogP contribution in [0.3, 0.4) is 0 Å². The molecule has 0 bridgehead atoms. The molecule has 1 aliphatic heterocycles. The first-order valence-corrected chi connectivity index (χ1v) is 6.05. The van der Waals surface area contributed by atoms with Crippen molar-refractivity contribution in [1.82, 2.24) is 5.48 Å². The Labute approximate surface area is 111 Å². The highest BCUT2D eigenvalue weighted by atomic mass is 16.6. The van der Waals surface area contributed by atoms with Gasteiger partial charge in [-0.3, -0.25) is 14.4 Å². The molecule has 0 aromatic heterocycles. The number of benzene rings is 1. The second-order valence-electron chi connectivity index (χ2n) is 4.68. The molecule has 2 rings (SSSR count). The van der Waals surface area contributed by atoms with Crippen LogP contribution in [0, 0.1) is 5.92 Å². The zero-order valence-corrected chi connectivity index (χ0v) is 10.9. The first-order valence-electron chi connectivity index (χ1n) is 6.05. The second-order valence-corrected chi connectivity index (χ2v) is 4.68. The smallest absolute Gasteiger partial charge is 0.274 e. The molecule has 1 aromatic rings. The van der Waals surface area contributed by atoms with Crippen LogP contribution in [0.1, 0.15) is 24.2 Å². The lowest BCUT2D eigenvalue weighted by Crippen LogP contribution is -2.27. The topological polar surface area (TPSA) is 76.7 Å². The normalized spacial score (nSPS) is 13.5. The second kappa shape index (κ2) is 5.71. The molecule has 0 saturated heterocycles. The van der Waals surface area contributed by atoms with E-state index in [1.54, 1.807) is 18.2 Å². The fourth-order valence-electron chi connectivity index (χ4n) is 1.55. The summed E-state index contributed by atoms with van der Waals surface area (Å²) < 4.78 is 5.24. The largest absolute Gasteiger partial charge is 0.482 e. The maximum Gasteiger partial charge on any atom is 0.274 e. The number of amides is 2. The molecule has 19 heavy (non-hydrogen) atoms. The molecule has 1 heterocycles. The summed E-state index contributed by atoms with van der Waals surface area (Å²) in [5.74, 6) is 0.271. The summed E-state index contributed by atoms with van der Waals surface area (Å²) >= 11 is 0. The fraction of sp³-hybridized carbons (Fsp3) is 0.385. The van der Waals surface area contributed by atoms with Crippen LogP contribution >= 0.6 is 0 Å².